The van der Waals surface area contributed by atoms with Crippen LogP contribution in [0.4, 0.5) is 0 Å². The van der Waals surface area contributed by atoms with Crippen LogP contribution in [0, 0.1) is 6.92 Å². The topological polar surface area (TPSA) is 78.9 Å². The number of benzene rings is 1. The molecule has 0 N–H and O–H groups in total. The van der Waals surface area contributed by atoms with Gasteiger partial charge < -0.3 is 14.0 Å². The lowest BCUT2D eigenvalue weighted by molar-refractivity contribution is -0.305. The van der Waals surface area contributed by atoms with Crippen LogP contribution in [0.3, 0.4) is 0 Å². The number of ether oxygens (including phenoxy) is 2. The van der Waals surface area contributed by atoms with Gasteiger partial charge in [0.2, 0.25) is 0 Å². The second kappa shape index (κ2) is 7.70. The quantitative estimate of drug-likeness (QED) is 0.407. The molecule has 0 bridgehead atoms. The van der Waals surface area contributed by atoms with Crippen LogP contribution in [-0.4, -0.2) is 26.3 Å². The predicted molar refractivity (Wildman–Crippen MR) is 85.0 cm³/mol. The minimum Gasteiger partial charge on any atom is -0.321 e. The van der Waals surface area contributed by atoms with Gasteiger partial charge in [0.05, 0.1) is 17.1 Å². The fourth-order valence-corrected chi connectivity index (χ4v) is 3.85. The van der Waals surface area contributed by atoms with E-state index < -0.39 is 36.5 Å². The van der Waals surface area contributed by atoms with Gasteiger partial charge in [-0.05, 0) is 46.8 Å². The van der Waals surface area contributed by atoms with Crippen molar-refractivity contribution in [1.82, 2.24) is 0 Å². The molecule has 1 aromatic rings. The van der Waals surface area contributed by atoms with Gasteiger partial charge in [-0.15, -0.1) is 0 Å². The molecule has 0 aliphatic carbocycles. The maximum Gasteiger partial charge on any atom is 0.347 e. The van der Waals surface area contributed by atoms with Crippen LogP contribution in [-0.2, 0) is 28.3 Å². The highest BCUT2D eigenvalue weighted by Crippen LogP contribution is 2.34. The molecule has 1 atom stereocenters. The highest BCUT2D eigenvalue weighted by atomic mass is 32.2. The summed E-state index contributed by atoms with van der Waals surface area (Å²) < 4.78 is 52.2. The highest BCUT2D eigenvalue weighted by molar-refractivity contribution is 7.87. The minimum absolute atomic E-state index is 0.0463. The van der Waals surface area contributed by atoms with E-state index in [1.807, 2.05) is 6.92 Å². The first kappa shape index (κ1) is 19.3. The maximum atomic E-state index is 12.4. The molecule has 6 nitrogen and oxygen atoms in total. The van der Waals surface area contributed by atoms with Crippen LogP contribution in [0.1, 0.15) is 33.3 Å². The van der Waals surface area contributed by atoms with E-state index in [2.05, 4.69) is 0 Å². The van der Waals surface area contributed by atoms with Crippen molar-refractivity contribution >= 4 is 18.6 Å². The highest BCUT2D eigenvalue weighted by Gasteiger charge is 2.41. The fraction of sp³-hybridized carbons (Fsp3) is 0.571. The van der Waals surface area contributed by atoms with Crippen molar-refractivity contribution < 1.29 is 26.6 Å². The van der Waals surface area contributed by atoms with Crippen LogP contribution < -0.4 is 0 Å². The van der Waals surface area contributed by atoms with E-state index in [4.69, 9.17) is 13.7 Å². The van der Waals surface area contributed by atoms with Crippen LogP contribution in [0.5, 0.6) is 0 Å². The van der Waals surface area contributed by atoms with Crippen molar-refractivity contribution in [3.8, 4) is 0 Å². The van der Waals surface area contributed by atoms with Gasteiger partial charge in [0.15, 0.2) is 8.46 Å². The van der Waals surface area contributed by atoms with Crippen molar-refractivity contribution in [2.75, 3.05) is 0 Å². The van der Waals surface area contributed by atoms with Gasteiger partial charge in [-0.2, -0.15) is 12.6 Å². The van der Waals surface area contributed by atoms with E-state index in [0.717, 1.165) is 5.56 Å². The van der Waals surface area contributed by atoms with E-state index in [0.29, 0.717) is 0 Å². The van der Waals surface area contributed by atoms with E-state index >= 15 is 0 Å². The molecule has 0 heterocycles. The Kier molecular flexibility index (Phi) is 6.77. The second-order valence-electron chi connectivity index (χ2n) is 5.41. The Morgan fingerprint density at radius 3 is 1.82 bits per heavy atom. The third kappa shape index (κ3) is 5.48. The first-order valence-electron chi connectivity index (χ1n) is 6.94. The summed E-state index contributed by atoms with van der Waals surface area (Å²) in [5.41, 5.74) is -1.18. The molecule has 0 fully saturated rings. The average molecular weight is 350 g/mol. The number of hydrogen-bond acceptors (Lipinski definition) is 6. The number of rotatable bonds is 8. The fourth-order valence-electron chi connectivity index (χ4n) is 1.71. The van der Waals surface area contributed by atoms with Gasteiger partial charge in [0.25, 0.3) is 0 Å². The molecular weight excluding hydrogens is 327 g/mol. The molecule has 1 rings (SSSR count). The molecule has 1 unspecified atom stereocenters. The molecule has 126 valence electrons. The van der Waals surface area contributed by atoms with Crippen molar-refractivity contribution in [1.29, 1.82) is 0 Å². The van der Waals surface area contributed by atoms with E-state index in [1.165, 1.54) is 12.1 Å². The van der Waals surface area contributed by atoms with Crippen molar-refractivity contribution in [2.45, 2.75) is 57.4 Å². The van der Waals surface area contributed by atoms with E-state index in [1.54, 1.807) is 39.8 Å². The summed E-state index contributed by atoms with van der Waals surface area (Å²) in [7, 11) is -5.98. The third-order valence-electron chi connectivity index (χ3n) is 2.48. The van der Waals surface area contributed by atoms with Crippen molar-refractivity contribution in [3.05, 3.63) is 29.8 Å². The summed E-state index contributed by atoms with van der Waals surface area (Å²) in [5, 5.41) is 0. The second-order valence-corrected chi connectivity index (χ2v) is 7.89. The molecule has 0 saturated carbocycles. The van der Waals surface area contributed by atoms with Crippen LogP contribution in [0.25, 0.3) is 0 Å². The molecule has 0 aliphatic rings. The Morgan fingerprint density at radius 2 is 1.45 bits per heavy atom. The molecular formula is C14H23O6PS. The molecule has 1 aromatic carbocycles. The third-order valence-corrected chi connectivity index (χ3v) is 4.63. The Morgan fingerprint density at radius 1 is 1.00 bits per heavy atom. The molecule has 0 radical (unpaired) electrons. The maximum absolute atomic E-state index is 12.4. The lowest BCUT2D eigenvalue weighted by Gasteiger charge is -2.31. The van der Waals surface area contributed by atoms with E-state index in [9.17, 15) is 13.0 Å². The molecule has 0 aliphatic heterocycles. The zero-order valence-electron chi connectivity index (χ0n) is 13.4. The minimum atomic E-state index is -4.17. The van der Waals surface area contributed by atoms with Crippen LogP contribution in [0.2, 0.25) is 0 Å². The molecule has 0 aromatic heterocycles. The lowest BCUT2D eigenvalue weighted by atomic mass is 10.2. The average Bonchev–Trinajstić information content (AvgIpc) is 2.36. The monoisotopic (exact) mass is 350 g/mol. The standard InChI is InChI=1S/C14H23O6PS/c1-10(2)18-14(21-15,19-11(3)4)20-22(16,17)13-8-6-12(5)7-9-13/h6-11H,21H2,1-5H3. The zero-order valence-corrected chi connectivity index (χ0v) is 15.4. The summed E-state index contributed by atoms with van der Waals surface area (Å²) in [6, 6.07) is 6.13. The molecule has 0 saturated heterocycles. The van der Waals surface area contributed by atoms with Crippen molar-refractivity contribution in [3.63, 3.8) is 0 Å². The SMILES string of the molecule is Cc1ccc(S(=O)(=O)OC(OC(C)C)(OC(C)C)[PH2]=O)cc1. The number of hydrogen-bond donors (Lipinski definition) is 0. The summed E-state index contributed by atoms with van der Waals surface area (Å²) >= 11 is 0. The largest absolute Gasteiger partial charge is 0.347 e. The summed E-state index contributed by atoms with van der Waals surface area (Å²) in [4.78, 5) is -0.0463. The van der Waals surface area contributed by atoms with Crippen LogP contribution >= 0.6 is 8.46 Å². The molecule has 8 heteroatoms. The number of aryl methyl sites for hydroxylation is 1. The van der Waals surface area contributed by atoms with E-state index in [-0.39, 0.29) is 4.90 Å². The molecule has 0 spiro atoms. The Balaban J connectivity index is 3.15. The lowest BCUT2D eigenvalue weighted by Crippen LogP contribution is -2.39. The van der Waals surface area contributed by atoms with Crippen molar-refractivity contribution in [2.24, 2.45) is 0 Å². The summed E-state index contributed by atoms with van der Waals surface area (Å²) in [5.74, 6) is 0. The van der Waals surface area contributed by atoms with Gasteiger partial charge in [0, 0.05) is 0 Å². The van der Waals surface area contributed by atoms with Gasteiger partial charge in [-0.25, -0.2) is 0 Å². The Labute approximate surface area is 133 Å². The Hall–Kier alpha value is -0.720. The normalized spacial score (nSPS) is 13.6. The first-order chi connectivity index (χ1) is 10.1. The summed E-state index contributed by atoms with van der Waals surface area (Å²) in [6.07, 6.45) is -0.846. The van der Waals surface area contributed by atoms with Gasteiger partial charge in [0.1, 0.15) is 0 Å². The predicted octanol–water partition coefficient (Wildman–Crippen LogP) is 2.92. The summed E-state index contributed by atoms with van der Waals surface area (Å²) in [6.45, 7) is 8.54. The van der Waals surface area contributed by atoms with Gasteiger partial charge >= 0.3 is 15.8 Å². The van der Waals surface area contributed by atoms with Gasteiger partial charge in [-0.3, -0.25) is 0 Å². The molecule has 0 amide bonds. The Bertz CT molecular complexity index is 584. The first-order valence-corrected chi connectivity index (χ1v) is 9.40. The van der Waals surface area contributed by atoms with Crippen LogP contribution in [0.15, 0.2) is 29.2 Å². The smallest absolute Gasteiger partial charge is 0.321 e. The van der Waals surface area contributed by atoms with Gasteiger partial charge in [-0.1, -0.05) is 17.7 Å². The molecule has 22 heavy (non-hydrogen) atoms. The zero-order chi connectivity index (χ0) is 17.0.